The second-order valence-electron chi connectivity index (χ2n) is 10.6. The van der Waals surface area contributed by atoms with E-state index >= 15 is 0 Å². The number of unbranched alkanes of at least 4 members (excludes halogenated alkanes) is 3. The maximum atomic E-state index is 14.3. The molecule has 3 fully saturated rings. The zero-order valence-electron chi connectivity index (χ0n) is 22.4. The Bertz CT molecular complexity index is 836. The van der Waals surface area contributed by atoms with E-state index in [0.29, 0.717) is 19.6 Å². The number of fused-ring (bicyclic) bond motifs is 1. The molecule has 0 aromatic carbocycles. The number of aliphatic hydroxyl groups is 1. The van der Waals surface area contributed by atoms with Crippen molar-refractivity contribution in [1.29, 1.82) is 0 Å². The first-order valence-corrected chi connectivity index (χ1v) is 14.5. The Kier molecular flexibility index (Phi) is 10.1. The summed E-state index contributed by atoms with van der Waals surface area (Å²) in [5.74, 6) is -0.887. The van der Waals surface area contributed by atoms with Crippen LogP contribution in [0, 0.1) is 11.8 Å². The van der Waals surface area contributed by atoms with Crippen molar-refractivity contribution in [2.45, 2.75) is 87.3 Å². The number of likely N-dealkylation sites (N-methyl/N-ethyl adjacent to an activating group) is 1. The first kappa shape index (κ1) is 28.8. The zero-order chi connectivity index (χ0) is 26.5. The van der Waals surface area contributed by atoms with Gasteiger partial charge in [-0.1, -0.05) is 38.3 Å². The first-order chi connectivity index (χ1) is 17.3. The largest absolute Gasteiger partial charge is 0.396 e. The molecule has 36 heavy (non-hydrogen) atoms. The number of carbonyl (C=O) groups is 3. The van der Waals surface area contributed by atoms with Crippen LogP contribution in [0.3, 0.4) is 0 Å². The number of nitrogens with zero attached hydrogens (tertiary/aromatic N) is 3. The van der Waals surface area contributed by atoms with Crippen molar-refractivity contribution in [2.24, 2.45) is 11.8 Å². The lowest BCUT2D eigenvalue weighted by Gasteiger charge is -2.39. The standard InChI is InChI=1S/C28H45N3O4S/c1-6-13-20(4)30(17-8-3)27(35)24-28-15-14-21(36-28)22(25(33)29(5)16-7-2)23(28)26(34)31(24)18-11-9-10-12-19-32/h7-8,20-24,32H,2-3,6,9-19H2,1,4-5H3/t20?,21-,22+,23+,24?,28?/m1/s1. The molecule has 3 amide bonds. The van der Waals surface area contributed by atoms with Crippen LogP contribution in [0.2, 0.25) is 0 Å². The summed E-state index contributed by atoms with van der Waals surface area (Å²) in [5, 5.41) is 9.19. The van der Waals surface area contributed by atoms with E-state index in [1.54, 1.807) is 35.9 Å². The number of hydrogen-bond donors (Lipinski definition) is 1. The molecule has 3 saturated heterocycles. The molecule has 3 rings (SSSR count). The van der Waals surface area contributed by atoms with Gasteiger partial charge in [-0.25, -0.2) is 0 Å². The van der Waals surface area contributed by atoms with E-state index in [2.05, 4.69) is 27.0 Å². The zero-order valence-corrected chi connectivity index (χ0v) is 23.2. The molecule has 7 nitrogen and oxygen atoms in total. The Labute approximate surface area is 221 Å². The molecule has 0 radical (unpaired) electrons. The first-order valence-electron chi connectivity index (χ1n) is 13.6. The number of hydrogen-bond acceptors (Lipinski definition) is 5. The smallest absolute Gasteiger partial charge is 0.247 e. The molecular weight excluding hydrogens is 474 g/mol. The molecule has 0 aromatic rings. The Morgan fingerprint density at radius 2 is 1.89 bits per heavy atom. The number of amides is 3. The van der Waals surface area contributed by atoms with Crippen molar-refractivity contribution >= 4 is 29.5 Å². The fourth-order valence-electron chi connectivity index (χ4n) is 6.60. The lowest BCUT2D eigenvalue weighted by atomic mass is 9.70. The second-order valence-corrected chi connectivity index (χ2v) is 12.3. The molecule has 3 aliphatic rings. The Morgan fingerprint density at radius 3 is 2.53 bits per heavy atom. The fourth-order valence-corrected chi connectivity index (χ4v) is 8.80. The predicted molar refractivity (Wildman–Crippen MR) is 145 cm³/mol. The maximum Gasteiger partial charge on any atom is 0.247 e. The summed E-state index contributed by atoms with van der Waals surface area (Å²) < 4.78 is -0.551. The average molecular weight is 520 g/mol. The normalized spacial score (nSPS) is 29.2. The van der Waals surface area contributed by atoms with Crippen LogP contribution in [-0.4, -0.2) is 92.9 Å². The van der Waals surface area contributed by atoms with E-state index in [-0.39, 0.29) is 35.6 Å². The topological polar surface area (TPSA) is 81.2 Å². The summed E-state index contributed by atoms with van der Waals surface area (Å²) in [7, 11) is 1.77. The fraction of sp³-hybridized carbons (Fsp3) is 0.750. The monoisotopic (exact) mass is 519 g/mol. The molecule has 0 saturated carbocycles. The van der Waals surface area contributed by atoms with E-state index in [1.807, 2.05) is 9.80 Å². The molecule has 1 N–H and O–H groups in total. The van der Waals surface area contributed by atoms with Crippen LogP contribution in [0.1, 0.15) is 65.2 Å². The van der Waals surface area contributed by atoms with Gasteiger partial charge in [0.25, 0.3) is 0 Å². The van der Waals surface area contributed by atoms with E-state index in [9.17, 15) is 14.4 Å². The van der Waals surface area contributed by atoms with Crippen LogP contribution in [0.15, 0.2) is 25.3 Å². The molecule has 3 aliphatic heterocycles. The summed E-state index contributed by atoms with van der Waals surface area (Å²) in [4.78, 5) is 47.3. The van der Waals surface area contributed by atoms with Crippen LogP contribution >= 0.6 is 11.8 Å². The van der Waals surface area contributed by atoms with Gasteiger partial charge in [0, 0.05) is 44.6 Å². The van der Waals surface area contributed by atoms with Gasteiger partial charge in [0.2, 0.25) is 17.7 Å². The van der Waals surface area contributed by atoms with Crippen LogP contribution in [-0.2, 0) is 14.4 Å². The average Bonchev–Trinajstić information content (AvgIpc) is 3.49. The molecule has 6 atom stereocenters. The summed E-state index contributed by atoms with van der Waals surface area (Å²) in [6.07, 6.45) is 10.3. The van der Waals surface area contributed by atoms with Crippen molar-refractivity contribution in [3.63, 3.8) is 0 Å². The molecule has 3 unspecified atom stereocenters. The highest BCUT2D eigenvalue weighted by molar-refractivity contribution is 8.02. The van der Waals surface area contributed by atoms with Gasteiger partial charge in [0.15, 0.2) is 0 Å². The van der Waals surface area contributed by atoms with Crippen LogP contribution in [0.4, 0.5) is 0 Å². The molecule has 0 aliphatic carbocycles. The third-order valence-electron chi connectivity index (χ3n) is 8.25. The van der Waals surface area contributed by atoms with E-state index in [1.165, 1.54) is 0 Å². The minimum absolute atomic E-state index is 0.00255. The molecular formula is C28H45N3O4S. The Hall–Kier alpha value is -1.80. The molecule has 202 valence electrons. The van der Waals surface area contributed by atoms with Crippen molar-refractivity contribution in [2.75, 3.05) is 33.3 Å². The molecule has 8 heteroatoms. The van der Waals surface area contributed by atoms with Gasteiger partial charge >= 0.3 is 0 Å². The quantitative estimate of drug-likeness (QED) is 0.265. The van der Waals surface area contributed by atoms with Crippen molar-refractivity contribution in [3.8, 4) is 0 Å². The Morgan fingerprint density at radius 1 is 1.19 bits per heavy atom. The van der Waals surface area contributed by atoms with Crippen molar-refractivity contribution in [1.82, 2.24) is 14.7 Å². The highest BCUT2D eigenvalue weighted by Crippen LogP contribution is 2.66. The molecule has 0 aromatic heterocycles. The van der Waals surface area contributed by atoms with Crippen LogP contribution in [0.5, 0.6) is 0 Å². The Balaban J connectivity index is 1.96. The number of carbonyl (C=O) groups excluding carboxylic acids is 3. The number of rotatable bonds is 15. The minimum atomic E-state index is -0.551. The summed E-state index contributed by atoms with van der Waals surface area (Å²) in [6.45, 7) is 13.4. The van der Waals surface area contributed by atoms with Crippen LogP contribution < -0.4 is 0 Å². The third-order valence-corrected chi connectivity index (χ3v) is 10.2. The van der Waals surface area contributed by atoms with Gasteiger partial charge in [0.05, 0.1) is 16.6 Å². The van der Waals surface area contributed by atoms with Gasteiger partial charge in [0.1, 0.15) is 6.04 Å². The number of aliphatic hydroxyl groups excluding tert-OH is 1. The van der Waals surface area contributed by atoms with Gasteiger partial charge < -0.3 is 19.8 Å². The second kappa shape index (κ2) is 12.6. The minimum Gasteiger partial charge on any atom is -0.396 e. The molecule has 2 bridgehead atoms. The van der Waals surface area contributed by atoms with Crippen molar-refractivity contribution < 1.29 is 19.5 Å². The number of thioether (sulfide) groups is 1. The van der Waals surface area contributed by atoms with Crippen LogP contribution in [0.25, 0.3) is 0 Å². The third kappa shape index (κ3) is 5.26. The van der Waals surface area contributed by atoms with Gasteiger partial charge in [-0.2, -0.15) is 0 Å². The number of likely N-dealkylation sites (tertiary alicyclic amines) is 1. The van der Waals surface area contributed by atoms with Gasteiger partial charge in [-0.3, -0.25) is 14.4 Å². The predicted octanol–water partition coefficient (Wildman–Crippen LogP) is 3.48. The molecule has 1 spiro atoms. The highest BCUT2D eigenvalue weighted by atomic mass is 32.2. The summed E-state index contributed by atoms with van der Waals surface area (Å²) in [6, 6.07) is -0.498. The SMILES string of the molecule is C=CCN(C)C(=O)[C@@H]1[C@H]2C(=O)N(CCCCCCO)C(C(=O)N(CC=C)C(C)CCC)C23CC[C@H]1S3. The van der Waals surface area contributed by atoms with Gasteiger partial charge in [-0.05, 0) is 39.0 Å². The lowest BCUT2D eigenvalue weighted by molar-refractivity contribution is -0.145. The highest BCUT2D eigenvalue weighted by Gasteiger charge is 2.73. The van der Waals surface area contributed by atoms with E-state index in [0.717, 1.165) is 51.4 Å². The lowest BCUT2D eigenvalue weighted by Crippen LogP contribution is -2.56. The van der Waals surface area contributed by atoms with Gasteiger partial charge in [-0.15, -0.1) is 24.9 Å². The van der Waals surface area contributed by atoms with E-state index in [4.69, 9.17) is 5.11 Å². The summed E-state index contributed by atoms with van der Waals surface area (Å²) >= 11 is 1.73. The van der Waals surface area contributed by atoms with Crippen molar-refractivity contribution in [3.05, 3.63) is 25.3 Å². The van der Waals surface area contributed by atoms with E-state index < -0.39 is 22.6 Å². The summed E-state index contributed by atoms with van der Waals surface area (Å²) in [5.41, 5.74) is 0. The molecule has 3 heterocycles. The maximum absolute atomic E-state index is 14.3.